The Bertz CT molecular complexity index is 228. The first-order chi connectivity index (χ1) is 5.37. The van der Waals surface area contributed by atoms with Crippen LogP contribution in [0.2, 0.25) is 0 Å². The molecule has 0 aliphatic heterocycles. The number of hydrogen-bond donors (Lipinski definition) is 2. The molecule has 2 N–H and O–H groups in total. The van der Waals surface area contributed by atoms with Gasteiger partial charge in [0, 0.05) is 8.88 Å². The first-order valence-electron chi connectivity index (χ1n) is 2.03. The average Bonchev–Trinajstić information content (AvgIpc) is 1.83. The quantitative estimate of drug-likeness (QED) is 0.392. The van der Waals surface area contributed by atoms with Crippen LogP contribution in [0.15, 0.2) is 0 Å². The van der Waals surface area contributed by atoms with Gasteiger partial charge in [-0.1, -0.05) is 0 Å². The molecule has 0 bridgehead atoms. The van der Waals surface area contributed by atoms with Crippen LogP contribution in [-0.4, -0.2) is 10.2 Å². The largest absolute Gasteiger partial charge is 0.739 e. The number of rotatable bonds is 5. The molecule has 0 amide bonds. The van der Waals surface area contributed by atoms with Crippen LogP contribution in [0, 0.1) is 0 Å². The molecular weight excluding hydrogens is 237 g/mol. The average molecular weight is 239 g/mol. The van der Waals surface area contributed by atoms with E-state index < -0.39 is 24.3 Å². The highest BCUT2D eigenvalue weighted by atomic mass is 31.3. The second-order valence-electron chi connectivity index (χ2n) is 1.16. The van der Waals surface area contributed by atoms with Crippen LogP contribution in [0.3, 0.4) is 0 Å². The zero-order chi connectivity index (χ0) is 9.78. The maximum absolute atomic E-state index is 10.3. The van der Waals surface area contributed by atoms with Crippen molar-refractivity contribution in [1.29, 1.82) is 0 Å². The molecule has 3 atom stereocenters. The molecule has 0 aliphatic rings. The van der Waals surface area contributed by atoms with E-state index >= 15 is 0 Å². The SMILES string of the molecule is O=[P+]([O-])OP(=O)(O)O[P+](=O)OO. The third-order valence-electron chi connectivity index (χ3n) is 0.406. The summed E-state index contributed by atoms with van der Waals surface area (Å²) in [7, 11) is -11.9. The minimum atomic E-state index is -4.99. The van der Waals surface area contributed by atoms with Crippen molar-refractivity contribution >= 4 is 24.3 Å². The minimum absolute atomic E-state index is 2.95. The molecule has 0 saturated heterocycles. The highest BCUT2D eigenvalue weighted by Crippen LogP contribution is 2.56. The highest BCUT2D eigenvalue weighted by Gasteiger charge is 2.42. The number of hydrogen-bond acceptors (Lipinski definition) is 8. The molecule has 12 heteroatoms. The topological polar surface area (TPSA) is 142 Å². The van der Waals surface area contributed by atoms with Gasteiger partial charge in [-0.25, -0.2) is 9.82 Å². The van der Waals surface area contributed by atoms with Crippen molar-refractivity contribution in [3.63, 3.8) is 0 Å². The summed E-state index contributed by atoms with van der Waals surface area (Å²) < 4.78 is 39.8. The van der Waals surface area contributed by atoms with Crippen LogP contribution in [-0.2, 0) is 27.0 Å². The Morgan fingerprint density at radius 3 is 2.17 bits per heavy atom. The Hall–Kier alpha value is 0.190. The molecule has 70 valence electrons. The first kappa shape index (κ1) is 12.2. The van der Waals surface area contributed by atoms with E-state index in [1.165, 1.54) is 0 Å². The van der Waals surface area contributed by atoms with Crippen molar-refractivity contribution in [3.05, 3.63) is 0 Å². The van der Waals surface area contributed by atoms with Gasteiger partial charge in [-0.3, -0.25) is 4.89 Å². The van der Waals surface area contributed by atoms with E-state index in [0.717, 1.165) is 0 Å². The van der Waals surface area contributed by atoms with E-state index in [1.807, 2.05) is 0 Å². The molecule has 0 rings (SSSR count). The van der Waals surface area contributed by atoms with Crippen LogP contribution >= 0.6 is 24.3 Å². The fourth-order valence-electron chi connectivity index (χ4n) is 0.198. The summed E-state index contributed by atoms with van der Waals surface area (Å²) in [4.78, 5) is 18.0. The lowest BCUT2D eigenvalue weighted by molar-refractivity contribution is -0.179. The van der Waals surface area contributed by atoms with Crippen molar-refractivity contribution in [2.24, 2.45) is 0 Å². The molecule has 0 radical (unpaired) electrons. The van der Waals surface area contributed by atoms with Gasteiger partial charge in [-0.15, -0.1) is 0 Å². The molecule has 0 fully saturated rings. The second-order valence-corrected chi connectivity index (χ2v) is 4.46. The summed E-state index contributed by atoms with van der Waals surface area (Å²) in [5.74, 6) is 0. The number of phosphoric acid groups is 1. The van der Waals surface area contributed by atoms with Crippen molar-refractivity contribution in [3.8, 4) is 0 Å². The molecule has 0 aromatic carbocycles. The summed E-state index contributed by atoms with van der Waals surface area (Å²) in [5.41, 5.74) is 0. The van der Waals surface area contributed by atoms with Crippen LogP contribution < -0.4 is 4.89 Å². The Labute approximate surface area is 67.3 Å². The molecule has 9 nitrogen and oxygen atoms in total. The molecule has 0 aliphatic carbocycles. The fourth-order valence-corrected chi connectivity index (χ4v) is 2.05. The Morgan fingerprint density at radius 1 is 1.33 bits per heavy atom. The third-order valence-corrected chi connectivity index (χ3v) is 3.26. The molecule has 0 spiro atoms. The van der Waals surface area contributed by atoms with E-state index in [0.29, 0.717) is 0 Å². The highest BCUT2D eigenvalue weighted by molar-refractivity contribution is 7.60. The standard InChI is InChI=1S/HO9P3/c1-7-11(4)9-12(5,6)8-10(2)3/h(H-,1,5,6)/p+1. The van der Waals surface area contributed by atoms with Crippen LogP contribution in [0.4, 0.5) is 0 Å². The monoisotopic (exact) mass is 239 g/mol. The Balaban J connectivity index is 4.13. The summed E-state index contributed by atoms with van der Waals surface area (Å²) >= 11 is 0. The van der Waals surface area contributed by atoms with Gasteiger partial charge in [0.1, 0.15) is 0 Å². The predicted octanol–water partition coefficient (Wildman–Crippen LogP) is 0.285. The van der Waals surface area contributed by atoms with Crippen molar-refractivity contribution < 1.29 is 42.0 Å². The third kappa shape index (κ3) is 5.79. The maximum atomic E-state index is 10.3. The van der Waals surface area contributed by atoms with Crippen LogP contribution in [0.1, 0.15) is 0 Å². The van der Waals surface area contributed by atoms with Gasteiger partial charge < -0.3 is 4.89 Å². The van der Waals surface area contributed by atoms with Gasteiger partial charge in [0.2, 0.25) is 0 Å². The van der Waals surface area contributed by atoms with E-state index in [2.05, 4.69) is 13.3 Å². The minimum Gasteiger partial charge on any atom is -0.566 e. The first-order valence-corrected chi connectivity index (χ1v) is 5.71. The van der Waals surface area contributed by atoms with Crippen molar-refractivity contribution in [2.45, 2.75) is 0 Å². The molecule has 12 heavy (non-hydrogen) atoms. The second kappa shape index (κ2) is 5.04. The fraction of sp³-hybridized carbons (Fsp3) is 0. The molecule has 0 aromatic heterocycles. The lowest BCUT2D eigenvalue weighted by Gasteiger charge is -1.93. The predicted molar refractivity (Wildman–Crippen MR) is 30.9 cm³/mol. The van der Waals surface area contributed by atoms with Gasteiger partial charge in [0.15, 0.2) is 0 Å². The van der Waals surface area contributed by atoms with Crippen molar-refractivity contribution in [1.82, 2.24) is 0 Å². The van der Waals surface area contributed by atoms with E-state index in [4.69, 9.17) is 10.2 Å². The van der Waals surface area contributed by atoms with Crippen molar-refractivity contribution in [2.75, 3.05) is 0 Å². The maximum Gasteiger partial charge on any atom is 0.739 e. The normalized spacial score (nSPS) is 18.2. The van der Waals surface area contributed by atoms with Gasteiger partial charge in [0.05, 0.1) is 4.67 Å². The Morgan fingerprint density at radius 2 is 1.83 bits per heavy atom. The Kier molecular flexibility index (Phi) is 5.12. The zero-order valence-corrected chi connectivity index (χ0v) is 7.78. The summed E-state index contributed by atoms with van der Waals surface area (Å²) in [6.07, 6.45) is 0. The van der Waals surface area contributed by atoms with Crippen LogP contribution in [0.25, 0.3) is 0 Å². The van der Waals surface area contributed by atoms with Gasteiger partial charge in [-0.05, 0) is 8.88 Å². The van der Waals surface area contributed by atoms with E-state index in [1.54, 1.807) is 0 Å². The molecule has 3 unspecified atom stereocenters. The molecule has 0 heterocycles. The molecular formula is H2O9P3+. The smallest absolute Gasteiger partial charge is 0.566 e. The van der Waals surface area contributed by atoms with Crippen LogP contribution in [0.5, 0.6) is 0 Å². The zero-order valence-electron chi connectivity index (χ0n) is 5.09. The van der Waals surface area contributed by atoms with Gasteiger partial charge in [0.25, 0.3) is 0 Å². The van der Waals surface area contributed by atoms with E-state index in [9.17, 15) is 18.6 Å². The van der Waals surface area contributed by atoms with Gasteiger partial charge >= 0.3 is 24.3 Å². The molecule has 0 saturated carbocycles. The summed E-state index contributed by atoms with van der Waals surface area (Å²) in [5, 5.41) is 7.58. The van der Waals surface area contributed by atoms with Gasteiger partial charge in [-0.2, -0.15) is 0 Å². The lowest BCUT2D eigenvalue weighted by Crippen LogP contribution is -1.91. The summed E-state index contributed by atoms with van der Waals surface area (Å²) in [6, 6.07) is 0. The molecule has 0 aromatic rings. The summed E-state index contributed by atoms with van der Waals surface area (Å²) in [6.45, 7) is 0. The lowest BCUT2D eigenvalue weighted by atomic mass is 15.0. The van der Waals surface area contributed by atoms with E-state index in [-0.39, 0.29) is 0 Å².